The summed E-state index contributed by atoms with van der Waals surface area (Å²) in [6, 6.07) is 14.8. The van der Waals surface area contributed by atoms with Gasteiger partial charge in [-0.05, 0) is 55.7 Å². The zero-order valence-electron chi connectivity index (χ0n) is 23.2. The number of carbonyl (C=O) groups is 2. The molecule has 210 valence electrons. The van der Waals surface area contributed by atoms with Gasteiger partial charge in [-0.2, -0.15) is 20.4 Å². The maximum absolute atomic E-state index is 12.5. The third kappa shape index (κ3) is 7.53. The lowest BCUT2D eigenvalue weighted by atomic mass is 9.98. The highest BCUT2D eigenvalue weighted by molar-refractivity contribution is 5.82. The van der Waals surface area contributed by atoms with Gasteiger partial charge in [0, 0.05) is 49.2 Å². The number of carbonyl (C=O) groups excluding carboxylic acids is 2. The minimum atomic E-state index is 0.0226. The van der Waals surface area contributed by atoms with Crippen LogP contribution in [0.3, 0.4) is 0 Å². The maximum atomic E-state index is 12.5. The Hall–Kier alpha value is -4.60. The van der Waals surface area contributed by atoms with E-state index in [-0.39, 0.29) is 49.1 Å². The fourth-order valence-corrected chi connectivity index (χ4v) is 5.18. The molecule has 0 amide bonds. The predicted molar refractivity (Wildman–Crippen MR) is 150 cm³/mol. The van der Waals surface area contributed by atoms with Crippen LogP contribution in [0.5, 0.6) is 11.5 Å². The van der Waals surface area contributed by atoms with Gasteiger partial charge in [-0.3, -0.25) is 19.6 Å². The van der Waals surface area contributed by atoms with E-state index >= 15 is 0 Å². The molecular formula is C31H32N6O4. The van der Waals surface area contributed by atoms with Crippen LogP contribution in [0.1, 0.15) is 65.3 Å². The highest BCUT2D eigenvalue weighted by Gasteiger charge is 2.29. The molecule has 0 saturated heterocycles. The van der Waals surface area contributed by atoms with Crippen LogP contribution in [0.2, 0.25) is 0 Å². The lowest BCUT2D eigenvalue weighted by molar-refractivity contribution is -0.118. The van der Waals surface area contributed by atoms with E-state index in [1.807, 2.05) is 24.3 Å². The Balaban J connectivity index is 1.11. The third-order valence-electron chi connectivity index (χ3n) is 7.31. The number of nitrogens with zero attached hydrogens (tertiary/aromatic N) is 6. The van der Waals surface area contributed by atoms with Gasteiger partial charge < -0.3 is 9.47 Å². The van der Waals surface area contributed by atoms with Gasteiger partial charge in [0.05, 0.1) is 61.2 Å². The first-order chi connectivity index (χ1) is 20.0. The number of ketones is 2. The standard InChI is InChI=1S/C31H32N6O4/c1-40-28-9-11-32-24(18-28)16-26(38)14-22-5-7-30(36-34-22)20-3-4-21(13-20)31-8-6-23(35-37-31)15-27(39)17-25-19-29(41-2)10-12-33-25/h5-12,18-21H,3-4,13-17H2,1-2H3/t20-,21-/m0/s1. The van der Waals surface area contributed by atoms with Crippen molar-refractivity contribution in [2.45, 2.75) is 56.8 Å². The summed E-state index contributed by atoms with van der Waals surface area (Å²) in [6.07, 6.45) is 6.99. The van der Waals surface area contributed by atoms with Crippen LogP contribution in [-0.2, 0) is 35.3 Å². The molecule has 4 aromatic heterocycles. The Bertz CT molecular complexity index is 1380. The molecule has 1 aliphatic rings. The Kier molecular flexibility index (Phi) is 8.98. The van der Waals surface area contributed by atoms with Crippen molar-refractivity contribution in [2.75, 3.05) is 14.2 Å². The zero-order valence-corrected chi connectivity index (χ0v) is 23.2. The molecule has 5 rings (SSSR count). The van der Waals surface area contributed by atoms with Crippen molar-refractivity contribution < 1.29 is 19.1 Å². The summed E-state index contributed by atoms with van der Waals surface area (Å²) < 4.78 is 10.4. The molecule has 0 unspecified atom stereocenters. The number of Topliss-reactive ketones (excluding diaryl/α,β-unsaturated/α-hetero) is 2. The van der Waals surface area contributed by atoms with Gasteiger partial charge in [0.2, 0.25) is 0 Å². The van der Waals surface area contributed by atoms with Crippen LogP contribution < -0.4 is 9.47 Å². The van der Waals surface area contributed by atoms with E-state index in [0.29, 0.717) is 34.3 Å². The summed E-state index contributed by atoms with van der Waals surface area (Å²) in [5, 5.41) is 17.5. The molecule has 41 heavy (non-hydrogen) atoms. The van der Waals surface area contributed by atoms with Gasteiger partial charge in [-0.1, -0.05) is 0 Å². The molecule has 0 spiro atoms. The second-order valence-electron chi connectivity index (χ2n) is 10.3. The smallest absolute Gasteiger partial charge is 0.144 e. The normalized spacial score (nSPS) is 16.3. The average molecular weight is 553 g/mol. The molecule has 0 aromatic carbocycles. The number of methoxy groups -OCH3 is 2. The SMILES string of the molecule is COc1ccnc(CC(=O)Cc2ccc([C@H]3CC[C@H](c4ccc(CC(=O)Cc5cc(OC)ccn5)nn4)C3)nn2)c1. The second kappa shape index (κ2) is 13.2. The van der Waals surface area contributed by atoms with Gasteiger partial charge in [0.1, 0.15) is 23.1 Å². The van der Waals surface area contributed by atoms with Gasteiger partial charge in [0.15, 0.2) is 0 Å². The summed E-state index contributed by atoms with van der Waals surface area (Å²) in [6.45, 7) is 0. The Labute approximate surface area is 238 Å². The Morgan fingerprint density at radius 3 is 1.46 bits per heavy atom. The molecule has 0 bridgehead atoms. The molecule has 10 heteroatoms. The first kappa shape index (κ1) is 27.9. The summed E-state index contributed by atoms with van der Waals surface area (Å²) >= 11 is 0. The average Bonchev–Trinajstić information content (AvgIpc) is 3.48. The summed E-state index contributed by atoms with van der Waals surface area (Å²) in [5.74, 6) is 1.95. The number of ether oxygens (including phenoxy) is 2. The third-order valence-corrected chi connectivity index (χ3v) is 7.31. The van der Waals surface area contributed by atoms with Crippen molar-refractivity contribution in [3.05, 3.63) is 95.1 Å². The lowest BCUT2D eigenvalue weighted by Crippen LogP contribution is -2.11. The van der Waals surface area contributed by atoms with Crippen LogP contribution in [-0.4, -0.2) is 56.1 Å². The lowest BCUT2D eigenvalue weighted by Gasteiger charge is -2.11. The highest BCUT2D eigenvalue weighted by atomic mass is 16.5. The molecule has 0 aliphatic heterocycles. The molecule has 2 atom stereocenters. The monoisotopic (exact) mass is 552 g/mol. The minimum Gasteiger partial charge on any atom is -0.497 e. The van der Waals surface area contributed by atoms with E-state index in [2.05, 4.69) is 30.4 Å². The maximum Gasteiger partial charge on any atom is 0.144 e. The second-order valence-corrected chi connectivity index (χ2v) is 10.3. The van der Waals surface area contributed by atoms with E-state index in [0.717, 1.165) is 30.7 Å². The molecule has 4 aromatic rings. The van der Waals surface area contributed by atoms with E-state index in [4.69, 9.17) is 9.47 Å². The van der Waals surface area contributed by atoms with Crippen molar-refractivity contribution in [3.8, 4) is 11.5 Å². The molecule has 0 N–H and O–H groups in total. The van der Waals surface area contributed by atoms with Gasteiger partial charge >= 0.3 is 0 Å². The first-order valence-electron chi connectivity index (χ1n) is 13.6. The number of pyridine rings is 2. The van der Waals surface area contributed by atoms with E-state index in [9.17, 15) is 9.59 Å². The predicted octanol–water partition coefficient (Wildman–Crippen LogP) is 3.83. The zero-order chi connectivity index (χ0) is 28.6. The number of aromatic nitrogens is 6. The van der Waals surface area contributed by atoms with Crippen molar-refractivity contribution in [1.82, 2.24) is 30.4 Å². The quantitative estimate of drug-likeness (QED) is 0.256. The number of hydrogen-bond donors (Lipinski definition) is 0. The summed E-state index contributed by atoms with van der Waals surface area (Å²) in [7, 11) is 3.17. The van der Waals surface area contributed by atoms with Crippen LogP contribution in [0.15, 0.2) is 60.9 Å². The van der Waals surface area contributed by atoms with E-state index < -0.39 is 0 Å². The van der Waals surface area contributed by atoms with Crippen molar-refractivity contribution in [2.24, 2.45) is 0 Å². The number of rotatable bonds is 12. The molecule has 0 radical (unpaired) electrons. The topological polar surface area (TPSA) is 130 Å². The molecular weight excluding hydrogens is 520 g/mol. The van der Waals surface area contributed by atoms with Gasteiger partial charge in [-0.25, -0.2) is 0 Å². The largest absolute Gasteiger partial charge is 0.497 e. The fraction of sp³-hybridized carbons (Fsp3) is 0.355. The van der Waals surface area contributed by atoms with Crippen LogP contribution >= 0.6 is 0 Å². The summed E-state index contributed by atoms with van der Waals surface area (Å²) in [5.41, 5.74) is 4.50. The molecule has 1 fully saturated rings. The van der Waals surface area contributed by atoms with Gasteiger partial charge in [-0.15, -0.1) is 0 Å². The van der Waals surface area contributed by atoms with Crippen molar-refractivity contribution in [3.63, 3.8) is 0 Å². The molecule has 4 heterocycles. The Morgan fingerprint density at radius 1 is 0.634 bits per heavy atom. The van der Waals surface area contributed by atoms with Crippen LogP contribution in [0.4, 0.5) is 0 Å². The molecule has 10 nitrogen and oxygen atoms in total. The van der Waals surface area contributed by atoms with Crippen molar-refractivity contribution in [1.29, 1.82) is 0 Å². The van der Waals surface area contributed by atoms with Crippen LogP contribution in [0.25, 0.3) is 0 Å². The van der Waals surface area contributed by atoms with E-state index in [1.54, 1.807) is 50.9 Å². The summed E-state index contributed by atoms with van der Waals surface area (Å²) in [4.78, 5) is 33.5. The van der Waals surface area contributed by atoms with Crippen molar-refractivity contribution >= 4 is 11.6 Å². The number of hydrogen-bond acceptors (Lipinski definition) is 10. The van der Waals surface area contributed by atoms with Crippen LogP contribution in [0, 0.1) is 0 Å². The Morgan fingerprint density at radius 2 is 1.07 bits per heavy atom. The van der Waals surface area contributed by atoms with E-state index in [1.165, 1.54) is 0 Å². The van der Waals surface area contributed by atoms with Gasteiger partial charge in [0.25, 0.3) is 0 Å². The highest BCUT2D eigenvalue weighted by Crippen LogP contribution is 2.42. The minimum absolute atomic E-state index is 0.0226. The first-order valence-corrected chi connectivity index (χ1v) is 13.6. The fourth-order valence-electron chi connectivity index (χ4n) is 5.18. The molecule has 1 aliphatic carbocycles. The molecule has 1 saturated carbocycles.